The second-order valence-corrected chi connectivity index (χ2v) is 7.35. The lowest BCUT2D eigenvalue weighted by atomic mass is 10.2. The highest BCUT2D eigenvalue weighted by Gasteiger charge is 2.29. The van der Waals surface area contributed by atoms with Crippen molar-refractivity contribution in [2.24, 2.45) is 0 Å². The lowest BCUT2D eigenvalue weighted by molar-refractivity contribution is 0.0936. The number of anilines is 1. The van der Waals surface area contributed by atoms with Gasteiger partial charge in [0.25, 0.3) is 5.91 Å². The number of unbranched alkanes of at least 4 members (excludes halogenated alkanes) is 1. The van der Waals surface area contributed by atoms with Crippen molar-refractivity contribution in [3.63, 3.8) is 0 Å². The molecule has 1 aliphatic rings. The van der Waals surface area contributed by atoms with Crippen molar-refractivity contribution in [2.45, 2.75) is 32.2 Å². The van der Waals surface area contributed by atoms with E-state index in [1.54, 1.807) is 0 Å². The van der Waals surface area contributed by atoms with Crippen LogP contribution in [0, 0.1) is 0 Å². The number of amides is 1. The SMILES string of the molecule is CCCCNc1nccc(C(=O)NC2CCS(=O)(=O)C2)n1. The van der Waals surface area contributed by atoms with Crippen LogP contribution < -0.4 is 10.6 Å². The van der Waals surface area contributed by atoms with Gasteiger partial charge in [0.1, 0.15) is 5.69 Å². The van der Waals surface area contributed by atoms with Gasteiger partial charge in [-0.2, -0.15) is 0 Å². The van der Waals surface area contributed by atoms with Crippen LogP contribution in [0.1, 0.15) is 36.7 Å². The quantitative estimate of drug-likeness (QED) is 0.746. The lowest BCUT2D eigenvalue weighted by Gasteiger charge is -2.11. The van der Waals surface area contributed by atoms with E-state index in [1.807, 2.05) is 0 Å². The average Bonchev–Trinajstić information content (AvgIpc) is 2.78. The number of hydrogen-bond acceptors (Lipinski definition) is 6. The average molecular weight is 312 g/mol. The summed E-state index contributed by atoms with van der Waals surface area (Å²) in [6.45, 7) is 2.84. The molecule has 0 spiro atoms. The molecule has 2 rings (SSSR count). The first-order chi connectivity index (χ1) is 10.00. The molecule has 1 unspecified atom stereocenters. The van der Waals surface area contributed by atoms with E-state index in [2.05, 4.69) is 27.5 Å². The van der Waals surface area contributed by atoms with Crippen molar-refractivity contribution in [1.82, 2.24) is 15.3 Å². The maximum atomic E-state index is 12.1. The van der Waals surface area contributed by atoms with Gasteiger partial charge < -0.3 is 10.6 Å². The number of rotatable bonds is 6. The van der Waals surface area contributed by atoms with E-state index in [9.17, 15) is 13.2 Å². The molecule has 2 heterocycles. The van der Waals surface area contributed by atoms with Gasteiger partial charge in [-0.3, -0.25) is 4.79 Å². The van der Waals surface area contributed by atoms with Crippen LogP contribution in [0.5, 0.6) is 0 Å². The van der Waals surface area contributed by atoms with Crippen LogP contribution in [0.15, 0.2) is 12.3 Å². The summed E-state index contributed by atoms with van der Waals surface area (Å²) in [6.07, 6.45) is 4.03. The molecule has 1 aromatic heterocycles. The molecule has 1 aliphatic heterocycles. The lowest BCUT2D eigenvalue weighted by Crippen LogP contribution is -2.36. The normalized spacial score (nSPS) is 20.1. The summed E-state index contributed by atoms with van der Waals surface area (Å²) in [6, 6.07) is 1.19. The summed E-state index contributed by atoms with van der Waals surface area (Å²) in [5.74, 6) is 0.185. The number of hydrogen-bond donors (Lipinski definition) is 2. The summed E-state index contributed by atoms with van der Waals surface area (Å²) in [5, 5.41) is 5.76. The number of aromatic nitrogens is 2. The molecule has 2 N–H and O–H groups in total. The molecule has 0 bridgehead atoms. The molecule has 1 saturated heterocycles. The maximum Gasteiger partial charge on any atom is 0.270 e. The molecule has 7 nitrogen and oxygen atoms in total. The molecule has 8 heteroatoms. The van der Waals surface area contributed by atoms with E-state index in [0.29, 0.717) is 12.4 Å². The zero-order valence-corrected chi connectivity index (χ0v) is 12.8. The summed E-state index contributed by atoms with van der Waals surface area (Å²) < 4.78 is 22.7. The highest BCUT2D eigenvalue weighted by atomic mass is 32.2. The van der Waals surface area contributed by atoms with Crippen molar-refractivity contribution in [3.05, 3.63) is 18.0 Å². The van der Waals surface area contributed by atoms with E-state index in [0.717, 1.165) is 19.4 Å². The zero-order chi connectivity index (χ0) is 15.3. The monoisotopic (exact) mass is 312 g/mol. The van der Waals surface area contributed by atoms with Gasteiger partial charge >= 0.3 is 0 Å². The highest BCUT2D eigenvalue weighted by molar-refractivity contribution is 7.91. The molecule has 116 valence electrons. The molecule has 1 atom stereocenters. The van der Waals surface area contributed by atoms with Crippen LogP contribution >= 0.6 is 0 Å². The fourth-order valence-electron chi connectivity index (χ4n) is 2.12. The molecule has 21 heavy (non-hydrogen) atoms. The summed E-state index contributed by atoms with van der Waals surface area (Å²) >= 11 is 0. The van der Waals surface area contributed by atoms with Crippen molar-refractivity contribution in [1.29, 1.82) is 0 Å². The first kappa shape index (κ1) is 15.7. The minimum atomic E-state index is -3.01. The number of carbonyl (C=O) groups excluding carboxylic acids is 1. The highest BCUT2D eigenvalue weighted by Crippen LogP contribution is 2.12. The van der Waals surface area contributed by atoms with Crippen LogP contribution in [-0.4, -0.2) is 48.4 Å². The molecule has 0 saturated carbocycles. The zero-order valence-electron chi connectivity index (χ0n) is 12.0. The van der Waals surface area contributed by atoms with Crippen LogP contribution in [0.25, 0.3) is 0 Å². The number of nitrogens with zero attached hydrogens (tertiary/aromatic N) is 2. The van der Waals surface area contributed by atoms with E-state index in [1.165, 1.54) is 12.3 Å². The Balaban J connectivity index is 1.94. The van der Waals surface area contributed by atoms with Gasteiger partial charge in [0.05, 0.1) is 11.5 Å². The van der Waals surface area contributed by atoms with Gasteiger partial charge in [-0.15, -0.1) is 0 Å². The fourth-order valence-corrected chi connectivity index (χ4v) is 3.79. The minimum Gasteiger partial charge on any atom is -0.354 e. The van der Waals surface area contributed by atoms with Crippen LogP contribution in [0.2, 0.25) is 0 Å². The standard InChI is InChI=1S/C13H20N4O3S/c1-2-3-6-14-13-15-7-4-11(17-13)12(18)16-10-5-8-21(19,20)9-10/h4,7,10H,2-3,5-6,8-9H2,1H3,(H,16,18)(H,14,15,17). The number of nitrogens with one attached hydrogen (secondary N) is 2. The van der Waals surface area contributed by atoms with Gasteiger partial charge in [0.15, 0.2) is 9.84 Å². The van der Waals surface area contributed by atoms with Gasteiger partial charge in [-0.05, 0) is 18.9 Å². The first-order valence-corrected chi connectivity index (χ1v) is 8.90. The molecule has 1 amide bonds. The fraction of sp³-hybridized carbons (Fsp3) is 0.615. The number of carbonyl (C=O) groups is 1. The molecule has 1 fully saturated rings. The summed E-state index contributed by atoms with van der Waals surface area (Å²) in [7, 11) is -3.01. The summed E-state index contributed by atoms with van der Waals surface area (Å²) in [4.78, 5) is 20.3. The predicted molar refractivity (Wildman–Crippen MR) is 80.0 cm³/mol. The van der Waals surface area contributed by atoms with Crippen LogP contribution in [-0.2, 0) is 9.84 Å². The third-order valence-corrected chi connectivity index (χ3v) is 5.04. The van der Waals surface area contributed by atoms with Gasteiger partial charge in [-0.1, -0.05) is 13.3 Å². The Hall–Kier alpha value is -1.70. The minimum absolute atomic E-state index is 0.00539. The topological polar surface area (TPSA) is 101 Å². The van der Waals surface area contributed by atoms with Crippen molar-refractivity contribution in [3.8, 4) is 0 Å². The van der Waals surface area contributed by atoms with E-state index in [4.69, 9.17) is 0 Å². The van der Waals surface area contributed by atoms with E-state index >= 15 is 0 Å². The Kier molecular flexibility index (Phi) is 5.11. The van der Waals surface area contributed by atoms with Crippen molar-refractivity contribution >= 4 is 21.7 Å². The second-order valence-electron chi connectivity index (χ2n) is 5.12. The van der Waals surface area contributed by atoms with Gasteiger partial charge in [0, 0.05) is 18.8 Å². The third-order valence-electron chi connectivity index (χ3n) is 3.27. The van der Waals surface area contributed by atoms with E-state index < -0.39 is 9.84 Å². The Morgan fingerprint density at radius 1 is 1.48 bits per heavy atom. The van der Waals surface area contributed by atoms with Crippen molar-refractivity contribution in [2.75, 3.05) is 23.4 Å². The molecule has 0 radical (unpaired) electrons. The Morgan fingerprint density at radius 2 is 2.29 bits per heavy atom. The predicted octanol–water partition coefficient (Wildman–Crippen LogP) is 0.605. The Labute approximate surface area is 124 Å². The van der Waals surface area contributed by atoms with Crippen LogP contribution in [0.3, 0.4) is 0 Å². The molecular formula is C13H20N4O3S. The molecule has 0 aromatic carbocycles. The Bertz CT molecular complexity index is 603. The third kappa shape index (κ3) is 4.66. The largest absolute Gasteiger partial charge is 0.354 e. The van der Waals surface area contributed by atoms with E-state index in [-0.39, 0.29) is 29.1 Å². The van der Waals surface area contributed by atoms with Gasteiger partial charge in [0.2, 0.25) is 5.95 Å². The molecular weight excluding hydrogens is 292 g/mol. The second kappa shape index (κ2) is 6.84. The maximum absolute atomic E-state index is 12.1. The number of sulfone groups is 1. The summed E-state index contributed by atoms with van der Waals surface area (Å²) in [5.41, 5.74) is 0.244. The first-order valence-electron chi connectivity index (χ1n) is 7.08. The van der Waals surface area contributed by atoms with Crippen LogP contribution in [0.4, 0.5) is 5.95 Å². The Morgan fingerprint density at radius 3 is 2.95 bits per heavy atom. The molecule has 1 aromatic rings. The smallest absolute Gasteiger partial charge is 0.270 e. The van der Waals surface area contributed by atoms with Gasteiger partial charge in [-0.25, -0.2) is 18.4 Å². The molecule has 0 aliphatic carbocycles. The van der Waals surface area contributed by atoms with Crippen molar-refractivity contribution < 1.29 is 13.2 Å².